The number of carbonyl (C=O) groups excluding carboxylic acids is 3. The summed E-state index contributed by atoms with van der Waals surface area (Å²) >= 11 is 0. The lowest BCUT2D eigenvalue weighted by atomic mass is 10.0. The van der Waals surface area contributed by atoms with Crippen molar-refractivity contribution in [2.24, 2.45) is 5.92 Å². The molecule has 0 aliphatic carbocycles. The van der Waals surface area contributed by atoms with Gasteiger partial charge in [-0.1, -0.05) is 26.0 Å². The lowest BCUT2D eigenvalue weighted by Crippen LogP contribution is -2.33. The van der Waals surface area contributed by atoms with E-state index in [-0.39, 0.29) is 36.3 Å². The van der Waals surface area contributed by atoms with Crippen molar-refractivity contribution in [2.75, 3.05) is 6.54 Å². The van der Waals surface area contributed by atoms with Crippen LogP contribution in [0.15, 0.2) is 36.7 Å². The number of imide groups is 1. The molecule has 3 aromatic rings. The Morgan fingerprint density at radius 2 is 1.77 bits per heavy atom. The van der Waals surface area contributed by atoms with Crippen LogP contribution < -0.4 is 5.32 Å². The van der Waals surface area contributed by atoms with Gasteiger partial charge >= 0.3 is 0 Å². The molecule has 1 aliphatic rings. The number of aromatic amines is 1. The molecule has 9 nitrogen and oxygen atoms in total. The Balaban J connectivity index is 1.36. The van der Waals surface area contributed by atoms with Gasteiger partial charge in [0.25, 0.3) is 11.8 Å². The molecule has 2 N–H and O–H groups in total. The monoisotopic (exact) mass is 420 g/mol. The molecule has 0 bridgehead atoms. The number of nitrogens with one attached hydrogen (secondary N) is 2. The summed E-state index contributed by atoms with van der Waals surface area (Å²) in [6, 6.07) is 7.49. The van der Waals surface area contributed by atoms with E-state index in [2.05, 4.69) is 39.1 Å². The number of nitrogens with zero attached hydrogens (tertiary/aromatic N) is 4. The third-order valence-electron chi connectivity index (χ3n) is 5.16. The zero-order valence-electron chi connectivity index (χ0n) is 17.5. The quantitative estimate of drug-likeness (QED) is 0.541. The van der Waals surface area contributed by atoms with Crippen LogP contribution in [-0.4, -0.2) is 49.1 Å². The summed E-state index contributed by atoms with van der Waals surface area (Å²) in [6.07, 6.45) is 4.04. The van der Waals surface area contributed by atoms with E-state index in [1.165, 1.54) is 12.4 Å². The Morgan fingerprint density at radius 3 is 2.42 bits per heavy atom. The average Bonchev–Trinajstić information content (AvgIpc) is 3.28. The first-order valence-electron chi connectivity index (χ1n) is 10.3. The summed E-state index contributed by atoms with van der Waals surface area (Å²) in [7, 11) is 0. The smallest absolute Gasteiger partial charge is 0.281 e. The van der Waals surface area contributed by atoms with Crippen molar-refractivity contribution in [2.45, 2.75) is 39.2 Å². The minimum atomic E-state index is -0.464. The number of amides is 3. The van der Waals surface area contributed by atoms with Crippen molar-refractivity contribution >= 4 is 28.8 Å². The van der Waals surface area contributed by atoms with Crippen molar-refractivity contribution in [1.82, 2.24) is 30.2 Å². The number of hydrogen-bond donors (Lipinski definition) is 2. The van der Waals surface area contributed by atoms with Gasteiger partial charge in [-0.2, -0.15) is 0 Å². The molecule has 0 radical (unpaired) electrons. The molecule has 9 heteroatoms. The van der Waals surface area contributed by atoms with Crippen molar-refractivity contribution in [1.29, 1.82) is 0 Å². The number of imidazole rings is 1. The zero-order valence-corrected chi connectivity index (χ0v) is 17.5. The summed E-state index contributed by atoms with van der Waals surface area (Å²) in [4.78, 5) is 54.2. The third kappa shape index (κ3) is 4.30. The maximum absolute atomic E-state index is 12.6. The van der Waals surface area contributed by atoms with Crippen molar-refractivity contribution < 1.29 is 14.4 Å². The largest absolute Gasteiger partial charge is 0.346 e. The number of benzene rings is 1. The van der Waals surface area contributed by atoms with Gasteiger partial charge in [-0.3, -0.25) is 19.3 Å². The molecule has 1 atom stereocenters. The van der Waals surface area contributed by atoms with Crippen LogP contribution in [0.2, 0.25) is 0 Å². The van der Waals surface area contributed by atoms with Gasteiger partial charge in [0.05, 0.1) is 17.1 Å². The molecular formula is C22H24N6O3. The SMILES string of the molecule is CC(C)C[C@@H](NC(=O)CCCN1C(=O)c2nccnc2C1=O)c1nc2ccccc2[nH]1. The van der Waals surface area contributed by atoms with Crippen LogP contribution in [0.25, 0.3) is 11.0 Å². The second-order valence-corrected chi connectivity index (χ2v) is 8.01. The molecule has 0 saturated carbocycles. The molecule has 3 heterocycles. The fourth-order valence-electron chi connectivity index (χ4n) is 3.71. The molecular weight excluding hydrogens is 396 g/mol. The minimum Gasteiger partial charge on any atom is -0.346 e. The molecule has 0 unspecified atom stereocenters. The van der Waals surface area contributed by atoms with Crippen LogP contribution in [0, 0.1) is 5.92 Å². The van der Waals surface area contributed by atoms with Gasteiger partial charge in [0.2, 0.25) is 5.91 Å². The van der Waals surface area contributed by atoms with E-state index in [1.54, 1.807) is 0 Å². The van der Waals surface area contributed by atoms with Crippen LogP contribution in [0.4, 0.5) is 0 Å². The molecule has 1 aliphatic heterocycles. The van der Waals surface area contributed by atoms with Crippen molar-refractivity contribution in [3.8, 4) is 0 Å². The van der Waals surface area contributed by atoms with E-state index < -0.39 is 11.8 Å². The van der Waals surface area contributed by atoms with E-state index in [9.17, 15) is 14.4 Å². The predicted molar refractivity (Wildman–Crippen MR) is 113 cm³/mol. The fraction of sp³-hybridized carbons (Fsp3) is 0.364. The van der Waals surface area contributed by atoms with Gasteiger partial charge in [-0.25, -0.2) is 15.0 Å². The molecule has 0 saturated heterocycles. The van der Waals surface area contributed by atoms with E-state index in [0.29, 0.717) is 12.3 Å². The first-order chi connectivity index (χ1) is 14.9. The Morgan fingerprint density at radius 1 is 1.10 bits per heavy atom. The number of aromatic nitrogens is 4. The number of hydrogen-bond acceptors (Lipinski definition) is 6. The molecule has 31 heavy (non-hydrogen) atoms. The second-order valence-electron chi connectivity index (χ2n) is 8.01. The van der Waals surface area contributed by atoms with E-state index in [0.717, 1.165) is 28.2 Å². The Kier molecular flexibility index (Phi) is 5.75. The third-order valence-corrected chi connectivity index (χ3v) is 5.16. The normalized spacial score (nSPS) is 14.4. The molecule has 4 rings (SSSR count). The number of rotatable bonds is 8. The highest BCUT2D eigenvalue weighted by Gasteiger charge is 2.37. The Labute approximate surface area is 179 Å². The molecule has 1 aromatic carbocycles. The van der Waals surface area contributed by atoms with Gasteiger partial charge in [-0.05, 0) is 30.9 Å². The Bertz CT molecular complexity index is 1070. The first kappa shape index (κ1) is 20.6. The van der Waals surface area contributed by atoms with Gasteiger partial charge < -0.3 is 10.3 Å². The number of fused-ring (bicyclic) bond motifs is 2. The maximum atomic E-state index is 12.6. The van der Waals surface area contributed by atoms with E-state index >= 15 is 0 Å². The fourth-order valence-corrected chi connectivity index (χ4v) is 3.71. The average molecular weight is 420 g/mol. The summed E-state index contributed by atoms with van der Waals surface area (Å²) in [5.74, 6) is -0.00138. The summed E-state index contributed by atoms with van der Waals surface area (Å²) in [5, 5.41) is 3.04. The van der Waals surface area contributed by atoms with Crippen LogP contribution in [0.3, 0.4) is 0 Å². The summed E-state index contributed by atoms with van der Waals surface area (Å²) < 4.78 is 0. The maximum Gasteiger partial charge on any atom is 0.281 e. The lowest BCUT2D eigenvalue weighted by Gasteiger charge is -2.19. The topological polar surface area (TPSA) is 121 Å². The highest BCUT2D eigenvalue weighted by molar-refractivity contribution is 6.19. The zero-order chi connectivity index (χ0) is 22.0. The minimum absolute atomic E-state index is 0.0684. The summed E-state index contributed by atoms with van der Waals surface area (Å²) in [6.45, 7) is 4.32. The highest BCUT2D eigenvalue weighted by atomic mass is 16.2. The van der Waals surface area contributed by atoms with Crippen LogP contribution >= 0.6 is 0 Å². The van der Waals surface area contributed by atoms with Crippen LogP contribution in [0.5, 0.6) is 0 Å². The van der Waals surface area contributed by atoms with Crippen LogP contribution in [0.1, 0.15) is 66.0 Å². The highest BCUT2D eigenvalue weighted by Crippen LogP contribution is 2.23. The van der Waals surface area contributed by atoms with Gasteiger partial charge in [-0.15, -0.1) is 0 Å². The lowest BCUT2D eigenvalue weighted by molar-refractivity contribution is -0.122. The van der Waals surface area contributed by atoms with Crippen LogP contribution in [-0.2, 0) is 4.79 Å². The predicted octanol–water partition coefficient (Wildman–Crippen LogP) is 2.63. The standard InChI is InChI=1S/C22H24N6O3/c1-13(2)12-16(20-26-14-6-3-4-7-15(14)27-20)25-17(29)8-5-11-28-21(30)18-19(22(28)31)24-10-9-23-18/h3-4,6-7,9-10,13,16H,5,8,11-12H2,1-2H3,(H,25,29)(H,26,27)/t16-/m1/s1. The van der Waals surface area contributed by atoms with Gasteiger partial charge in [0.1, 0.15) is 5.82 Å². The van der Waals surface area contributed by atoms with E-state index in [4.69, 9.17) is 0 Å². The van der Waals surface area contributed by atoms with Gasteiger partial charge in [0, 0.05) is 25.4 Å². The number of H-pyrrole nitrogens is 1. The number of para-hydroxylation sites is 2. The van der Waals surface area contributed by atoms with Gasteiger partial charge in [0.15, 0.2) is 11.4 Å². The molecule has 3 amide bonds. The Hall–Kier alpha value is -3.62. The van der Waals surface area contributed by atoms with Crippen molar-refractivity contribution in [3.05, 3.63) is 53.9 Å². The first-order valence-corrected chi connectivity index (χ1v) is 10.3. The molecule has 160 valence electrons. The molecule has 0 fully saturated rings. The number of carbonyl (C=O) groups is 3. The van der Waals surface area contributed by atoms with Crippen molar-refractivity contribution in [3.63, 3.8) is 0 Å². The van der Waals surface area contributed by atoms with E-state index in [1.807, 2.05) is 24.3 Å². The molecule has 2 aromatic heterocycles. The second kappa shape index (κ2) is 8.63. The summed E-state index contributed by atoms with van der Waals surface area (Å²) in [5.41, 5.74) is 1.92. The molecule has 0 spiro atoms.